The third kappa shape index (κ3) is 4.04. The third-order valence-corrected chi connectivity index (χ3v) is 5.09. The van der Waals surface area contributed by atoms with Crippen LogP contribution in [-0.4, -0.2) is 49.3 Å². The maximum atomic E-state index is 12.5. The van der Waals surface area contributed by atoms with Crippen molar-refractivity contribution in [3.05, 3.63) is 66.8 Å². The quantitative estimate of drug-likeness (QED) is 0.495. The summed E-state index contributed by atoms with van der Waals surface area (Å²) in [6, 6.07) is 9.57. The Balaban J connectivity index is 0.00000112. The lowest BCUT2D eigenvalue weighted by Crippen LogP contribution is -2.31. The average molecular weight is 421 g/mol. The van der Waals surface area contributed by atoms with Gasteiger partial charge in [-0.15, -0.1) is 18.3 Å². The van der Waals surface area contributed by atoms with Gasteiger partial charge in [0.1, 0.15) is 24.5 Å². The Morgan fingerprint density at radius 2 is 2.03 bits per heavy atom. The number of hydrogen-bond acceptors (Lipinski definition) is 7. The van der Waals surface area contributed by atoms with E-state index in [0.29, 0.717) is 29.3 Å². The molecule has 4 heterocycles. The van der Waals surface area contributed by atoms with Gasteiger partial charge >= 0.3 is 0 Å². The third-order valence-electron chi connectivity index (χ3n) is 5.09. The van der Waals surface area contributed by atoms with Crippen LogP contribution >= 0.6 is 0 Å². The molecule has 2 N–H and O–H groups in total. The minimum atomic E-state index is -0.572. The standard InChI is InChI=1S/C20H20FN7O.C2H4/c21-7-10-29-16-5-1-4-14-18(16)25-20(22)28-19(14)24-17(26-28)12-27-9-6-13-3-2-8-23-15(13)11-27;1-2/h1-5,8H,6-7,9-12H2,(H2,22,25);1-2H2. The predicted molar refractivity (Wildman–Crippen MR) is 117 cm³/mol. The number of fused-ring (bicyclic) bond motifs is 4. The molecule has 0 aliphatic carbocycles. The highest BCUT2D eigenvalue weighted by atomic mass is 19.1. The highest BCUT2D eigenvalue weighted by molar-refractivity contribution is 5.95. The normalized spacial score (nSPS) is 13.6. The molecular formula is C22H24FN7O. The van der Waals surface area contributed by atoms with E-state index < -0.39 is 6.67 Å². The molecular weight excluding hydrogens is 397 g/mol. The van der Waals surface area contributed by atoms with Gasteiger partial charge in [0.05, 0.1) is 12.2 Å². The number of ether oxygens (including phenoxy) is 1. The van der Waals surface area contributed by atoms with Crippen LogP contribution in [0.25, 0.3) is 16.6 Å². The lowest BCUT2D eigenvalue weighted by atomic mass is 10.1. The van der Waals surface area contributed by atoms with Crippen LogP contribution in [0.3, 0.4) is 0 Å². The summed E-state index contributed by atoms with van der Waals surface area (Å²) in [5.41, 5.74) is 9.70. The van der Waals surface area contributed by atoms with Gasteiger partial charge in [-0.2, -0.15) is 4.52 Å². The molecule has 1 aliphatic rings. The Labute approximate surface area is 179 Å². The number of rotatable bonds is 5. The smallest absolute Gasteiger partial charge is 0.223 e. The first-order chi connectivity index (χ1) is 15.2. The van der Waals surface area contributed by atoms with Crippen molar-refractivity contribution in [1.29, 1.82) is 0 Å². The summed E-state index contributed by atoms with van der Waals surface area (Å²) in [4.78, 5) is 15.9. The Hall–Kier alpha value is -3.59. The van der Waals surface area contributed by atoms with Gasteiger partial charge in [-0.25, -0.2) is 14.4 Å². The topological polar surface area (TPSA) is 94.5 Å². The van der Waals surface area contributed by atoms with Crippen molar-refractivity contribution in [3.63, 3.8) is 0 Å². The number of para-hydroxylation sites is 1. The van der Waals surface area contributed by atoms with Crippen LogP contribution in [0.4, 0.5) is 10.3 Å². The van der Waals surface area contributed by atoms with Gasteiger partial charge in [0, 0.05) is 24.7 Å². The SMILES string of the molecule is C=C.Nc1nc2c(OCCF)cccc2c2nc(CN3CCc4cccnc4C3)nn12. The fourth-order valence-electron chi connectivity index (χ4n) is 3.75. The number of alkyl halides is 1. The van der Waals surface area contributed by atoms with Gasteiger partial charge in [-0.05, 0) is 30.2 Å². The Morgan fingerprint density at radius 1 is 1.16 bits per heavy atom. The summed E-state index contributed by atoms with van der Waals surface area (Å²) in [5, 5.41) is 5.32. The lowest BCUT2D eigenvalue weighted by Gasteiger charge is -2.26. The molecule has 0 radical (unpaired) electrons. The number of nitrogens with two attached hydrogens (primary N) is 1. The first-order valence-corrected chi connectivity index (χ1v) is 10.0. The molecule has 0 saturated heterocycles. The maximum absolute atomic E-state index is 12.5. The Morgan fingerprint density at radius 3 is 2.87 bits per heavy atom. The fraction of sp³-hybridized carbons (Fsp3) is 0.273. The largest absolute Gasteiger partial charge is 0.489 e. The minimum Gasteiger partial charge on any atom is -0.489 e. The first kappa shape index (κ1) is 20.7. The van der Waals surface area contributed by atoms with E-state index in [2.05, 4.69) is 39.2 Å². The summed E-state index contributed by atoms with van der Waals surface area (Å²) in [7, 11) is 0. The maximum Gasteiger partial charge on any atom is 0.223 e. The van der Waals surface area contributed by atoms with Gasteiger partial charge in [0.15, 0.2) is 11.5 Å². The highest BCUT2D eigenvalue weighted by Gasteiger charge is 2.20. The van der Waals surface area contributed by atoms with E-state index in [1.807, 2.05) is 24.4 Å². The van der Waals surface area contributed by atoms with Crippen LogP contribution < -0.4 is 10.5 Å². The monoisotopic (exact) mass is 421 g/mol. The van der Waals surface area contributed by atoms with Crippen LogP contribution in [0, 0.1) is 0 Å². The molecule has 0 unspecified atom stereocenters. The van der Waals surface area contributed by atoms with E-state index in [9.17, 15) is 4.39 Å². The summed E-state index contributed by atoms with van der Waals surface area (Å²) < 4.78 is 19.5. The molecule has 0 fully saturated rings. The molecule has 31 heavy (non-hydrogen) atoms. The molecule has 9 heteroatoms. The summed E-state index contributed by atoms with van der Waals surface area (Å²) in [6.07, 6.45) is 2.78. The zero-order chi connectivity index (χ0) is 21.8. The van der Waals surface area contributed by atoms with Crippen molar-refractivity contribution in [2.24, 2.45) is 0 Å². The molecule has 3 aromatic heterocycles. The number of pyridine rings is 1. The van der Waals surface area contributed by atoms with Crippen molar-refractivity contribution in [2.75, 3.05) is 25.6 Å². The van der Waals surface area contributed by atoms with Crippen molar-refractivity contribution in [1.82, 2.24) is 29.5 Å². The number of nitrogens with zero attached hydrogens (tertiary/aromatic N) is 6. The summed E-state index contributed by atoms with van der Waals surface area (Å²) in [5.74, 6) is 1.37. The number of nitrogen functional groups attached to an aromatic ring is 1. The Kier molecular flexibility index (Phi) is 6.03. The van der Waals surface area contributed by atoms with Crippen molar-refractivity contribution in [2.45, 2.75) is 19.5 Å². The van der Waals surface area contributed by atoms with Crippen LogP contribution in [-0.2, 0) is 19.5 Å². The zero-order valence-electron chi connectivity index (χ0n) is 17.2. The number of halogens is 1. The number of aromatic nitrogens is 5. The van der Waals surface area contributed by atoms with Gasteiger partial charge in [0.25, 0.3) is 0 Å². The Bertz CT molecular complexity index is 1210. The lowest BCUT2D eigenvalue weighted by molar-refractivity contribution is 0.236. The van der Waals surface area contributed by atoms with E-state index >= 15 is 0 Å². The second kappa shape index (κ2) is 9.05. The molecule has 0 atom stereocenters. The number of hydrogen-bond donors (Lipinski definition) is 1. The minimum absolute atomic E-state index is 0.0334. The number of benzene rings is 1. The summed E-state index contributed by atoms with van der Waals surface area (Å²) in [6.45, 7) is 7.67. The predicted octanol–water partition coefficient (Wildman–Crippen LogP) is 2.96. The molecule has 0 amide bonds. The molecule has 4 aromatic rings. The average Bonchev–Trinajstić information content (AvgIpc) is 3.24. The first-order valence-electron chi connectivity index (χ1n) is 10.0. The van der Waals surface area contributed by atoms with Gasteiger partial charge in [0.2, 0.25) is 5.95 Å². The molecule has 5 rings (SSSR count). The van der Waals surface area contributed by atoms with Crippen molar-refractivity contribution < 1.29 is 9.13 Å². The molecule has 1 aliphatic heterocycles. The molecule has 0 saturated carbocycles. The van der Waals surface area contributed by atoms with Gasteiger partial charge in [-0.1, -0.05) is 12.1 Å². The molecule has 0 spiro atoms. The molecule has 8 nitrogen and oxygen atoms in total. The molecule has 0 bridgehead atoms. The second-order valence-electron chi connectivity index (χ2n) is 6.99. The van der Waals surface area contributed by atoms with Crippen LogP contribution in [0.15, 0.2) is 49.7 Å². The van der Waals surface area contributed by atoms with Crippen molar-refractivity contribution >= 4 is 22.5 Å². The fourth-order valence-corrected chi connectivity index (χ4v) is 3.75. The van der Waals surface area contributed by atoms with E-state index in [1.54, 1.807) is 10.6 Å². The van der Waals surface area contributed by atoms with Crippen molar-refractivity contribution in [3.8, 4) is 5.75 Å². The van der Waals surface area contributed by atoms with E-state index in [4.69, 9.17) is 15.5 Å². The van der Waals surface area contributed by atoms with Gasteiger partial charge < -0.3 is 10.5 Å². The van der Waals surface area contributed by atoms with Gasteiger partial charge in [-0.3, -0.25) is 9.88 Å². The van der Waals surface area contributed by atoms with Crippen LogP contribution in [0.2, 0.25) is 0 Å². The van der Waals surface area contributed by atoms with E-state index in [1.165, 1.54) is 5.56 Å². The number of anilines is 1. The van der Waals surface area contributed by atoms with Crippen LogP contribution in [0.1, 0.15) is 17.1 Å². The van der Waals surface area contributed by atoms with E-state index in [0.717, 1.165) is 30.6 Å². The second-order valence-corrected chi connectivity index (χ2v) is 6.99. The zero-order valence-corrected chi connectivity index (χ0v) is 17.2. The summed E-state index contributed by atoms with van der Waals surface area (Å²) >= 11 is 0. The highest BCUT2D eigenvalue weighted by Crippen LogP contribution is 2.28. The van der Waals surface area contributed by atoms with Crippen LogP contribution in [0.5, 0.6) is 5.75 Å². The molecule has 1 aromatic carbocycles. The molecule has 160 valence electrons. The van der Waals surface area contributed by atoms with E-state index in [-0.39, 0.29) is 12.6 Å².